The van der Waals surface area contributed by atoms with E-state index in [-0.39, 0.29) is 12.5 Å². The molecule has 1 aromatic heterocycles. The average Bonchev–Trinajstić information content (AvgIpc) is 3.38. The fourth-order valence-corrected chi connectivity index (χ4v) is 3.63. The van der Waals surface area contributed by atoms with Gasteiger partial charge in [0.05, 0.1) is 11.0 Å². The van der Waals surface area contributed by atoms with Crippen LogP contribution in [0.3, 0.4) is 0 Å². The number of benzene rings is 1. The third kappa shape index (κ3) is 2.66. The first kappa shape index (κ1) is 15.2. The Morgan fingerprint density at radius 2 is 1.96 bits per heavy atom. The SMILES string of the molecule is O=C(O)[C@@H]1CCCCN1C(=O)Cn1c(C2CC2)nc2ccccc21. The van der Waals surface area contributed by atoms with Gasteiger partial charge in [0.25, 0.3) is 0 Å². The predicted molar refractivity (Wildman–Crippen MR) is 88.7 cm³/mol. The summed E-state index contributed by atoms with van der Waals surface area (Å²) in [6, 6.07) is 7.15. The van der Waals surface area contributed by atoms with Crippen molar-refractivity contribution in [2.75, 3.05) is 6.54 Å². The number of likely N-dealkylation sites (tertiary alicyclic amines) is 1. The number of hydrogen-bond donors (Lipinski definition) is 1. The molecular formula is C18H21N3O3. The van der Waals surface area contributed by atoms with Gasteiger partial charge in [-0.05, 0) is 44.2 Å². The number of carboxylic acids is 1. The number of rotatable bonds is 4. The van der Waals surface area contributed by atoms with Crippen LogP contribution in [0, 0.1) is 0 Å². The lowest BCUT2D eigenvalue weighted by Gasteiger charge is -2.33. The molecule has 2 heterocycles. The van der Waals surface area contributed by atoms with Crippen LogP contribution in [0.25, 0.3) is 11.0 Å². The van der Waals surface area contributed by atoms with Crippen molar-refractivity contribution in [1.82, 2.24) is 14.5 Å². The number of aromatic nitrogens is 2. The van der Waals surface area contributed by atoms with Crippen LogP contribution in [0.2, 0.25) is 0 Å². The molecule has 24 heavy (non-hydrogen) atoms. The van der Waals surface area contributed by atoms with Gasteiger partial charge in [-0.25, -0.2) is 9.78 Å². The third-order valence-corrected chi connectivity index (χ3v) is 5.03. The molecule has 0 spiro atoms. The van der Waals surface area contributed by atoms with Gasteiger partial charge in [0.15, 0.2) is 0 Å². The van der Waals surface area contributed by atoms with E-state index in [0.717, 1.165) is 42.5 Å². The molecule has 1 aliphatic carbocycles. The molecule has 2 aromatic rings. The number of imidazole rings is 1. The molecule has 126 valence electrons. The van der Waals surface area contributed by atoms with Gasteiger partial charge in [0.1, 0.15) is 18.4 Å². The Morgan fingerprint density at radius 1 is 1.17 bits per heavy atom. The summed E-state index contributed by atoms with van der Waals surface area (Å²) < 4.78 is 1.99. The Morgan fingerprint density at radius 3 is 2.71 bits per heavy atom. The fraction of sp³-hybridized carbons (Fsp3) is 0.500. The van der Waals surface area contributed by atoms with Crippen molar-refractivity contribution in [2.45, 2.75) is 50.6 Å². The zero-order valence-corrected chi connectivity index (χ0v) is 13.5. The minimum Gasteiger partial charge on any atom is -0.480 e. The van der Waals surface area contributed by atoms with Crippen LogP contribution in [0.4, 0.5) is 0 Å². The van der Waals surface area contributed by atoms with Gasteiger partial charge >= 0.3 is 5.97 Å². The molecule has 1 N–H and O–H groups in total. The van der Waals surface area contributed by atoms with Crippen LogP contribution in [0.15, 0.2) is 24.3 Å². The molecule has 4 rings (SSSR count). The fourth-order valence-electron chi connectivity index (χ4n) is 3.63. The maximum Gasteiger partial charge on any atom is 0.326 e. The molecule has 1 amide bonds. The van der Waals surface area contributed by atoms with E-state index < -0.39 is 12.0 Å². The van der Waals surface area contributed by atoms with Crippen molar-refractivity contribution in [1.29, 1.82) is 0 Å². The Hall–Kier alpha value is -2.37. The topological polar surface area (TPSA) is 75.4 Å². The molecule has 2 aliphatic rings. The minimum absolute atomic E-state index is 0.118. The number of aliphatic carboxylic acids is 1. The zero-order valence-electron chi connectivity index (χ0n) is 13.5. The second-order valence-electron chi connectivity index (χ2n) is 6.76. The third-order valence-electron chi connectivity index (χ3n) is 5.03. The normalized spacial score (nSPS) is 21.2. The lowest BCUT2D eigenvalue weighted by molar-refractivity contribution is -0.152. The summed E-state index contributed by atoms with van der Waals surface area (Å²) in [4.78, 5) is 30.5. The number of carbonyl (C=O) groups is 2. The van der Waals surface area contributed by atoms with Gasteiger partial charge in [-0.1, -0.05) is 12.1 Å². The van der Waals surface area contributed by atoms with Crippen LogP contribution in [0.1, 0.15) is 43.8 Å². The second kappa shape index (κ2) is 5.92. The van der Waals surface area contributed by atoms with Gasteiger partial charge in [-0.15, -0.1) is 0 Å². The summed E-state index contributed by atoms with van der Waals surface area (Å²) in [6.07, 6.45) is 4.50. The van der Waals surface area contributed by atoms with Crippen molar-refractivity contribution < 1.29 is 14.7 Å². The quantitative estimate of drug-likeness (QED) is 0.935. The molecule has 1 aromatic carbocycles. The first-order chi connectivity index (χ1) is 11.6. The van der Waals surface area contributed by atoms with Crippen LogP contribution in [-0.2, 0) is 16.1 Å². The summed E-state index contributed by atoms with van der Waals surface area (Å²) in [7, 11) is 0. The number of fused-ring (bicyclic) bond motifs is 1. The van der Waals surface area contributed by atoms with Gasteiger partial charge < -0.3 is 14.6 Å². The maximum atomic E-state index is 12.8. The number of hydrogen-bond acceptors (Lipinski definition) is 3. The lowest BCUT2D eigenvalue weighted by atomic mass is 10.0. The van der Waals surface area contributed by atoms with E-state index in [9.17, 15) is 14.7 Å². The monoisotopic (exact) mass is 327 g/mol. The van der Waals surface area contributed by atoms with Gasteiger partial charge in [0, 0.05) is 12.5 Å². The number of carbonyl (C=O) groups excluding carboxylic acids is 1. The van der Waals surface area contributed by atoms with E-state index in [1.165, 1.54) is 4.90 Å². The average molecular weight is 327 g/mol. The van der Waals surface area contributed by atoms with Crippen molar-refractivity contribution in [3.63, 3.8) is 0 Å². The van der Waals surface area contributed by atoms with Crippen LogP contribution < -0.4 is 0 Å². The van der Waals surface area contributed by atoms with E-state index in [0.29, 0.717) is 18.9 Å². The highest BCUT2D eigenvalue weighted by molar-refractivity contribution is 5.85. The predicted octanol–water partition coefficient (Wildman–Crippen LogP) is 2.38. The molecule has 1 saturated heterocycles. The van der Waals surface area contributed by atoms with Gasteiger partial charge in [0.2, 0.25) is 5.91 Å². The Bertz CT molecular complexity index is 794. The molecule has 0 unspecified atom stereocenters. The molecule has 1 aliphatic heterocycles. The van der Waals surface area contributed by atoms with E-state index in [1.54, 1.807) is 0 Å². The summed E-state index contributed by atoms with van der Waals surface area (Å²) in [5.41, 5.74) is 1.86. The summed E-state index contributed by atoms with van der Waals surface area (Å²) >= 11 is 0. The van der Waals surface area contributed by atoms with Gasteiger partial charge in [-0.3, -0.25) is 4.79 Å². The lowest BCUT2D eigenvalue weighted by Crippen LogP contribution is -2.49. The number of nitrogens with zero attached hydrogens (tertiary/aromatic N) is 3. The van der Waals surface area contributed by atoms with Crippen molar-refractivity contribution in [3.8, 4) is 0 Å². The molecule has 2 fully saturated rings. The molecule has 0 radical (unpaired) electrons. The van der Waals surface area contributed by atoms with Gasteiger partial charge in [-0.2, -0.15) is 0 Å². The number of piperidine rings is 1. The zero-order chi connectivity index (χ0) is 16.7. The first-order valence-electron chi connectivity index (χ1n) is 8.62. The molecule has 1 saturated carbocycles. The standard InChI is InChI=1S/C18H21N3O3/c22-16(20-10-4-3-7-15(20)18(23)24)11-21-14-6-2-1-5-13(14)19-17(21)12-8-9-12/h1-2,5-6,12,15H,3-4,7-11H2,(H,23,24)/t15-/m0/s1. The molecule has 0 bridgehead atoms. The Labute approximate surface area is 140 Å². The Balaban J connectivity index is 1.64. The highest BCUT2D eigenvalue weighted by Crippen LogP contribution is 2.40. The summed E-state index contributed by atoms with van der Waals surface area (Å²) in [5, 5.41) is 9.40. The van der Waals surface area contributed by atoms with Crippen molar-refractivity contribution >= 4 is 22.9 Å². The molecule has 6 heteroatoms. The van der Waals surface area contributed by atoms with E-state index in [4.69, 9.17) is 4.98 Å². The van der Waals surface area contributed by atoms with E-state index in [1.807, 2.05) is 28.8 Å². The second-order valence-corrected chi connectivity index (χ2v) is 6.76. The van der Waals surface area contributed by atoms with E-state index in [2.05, 4.69) is 0 Å². The van der Waals surface area contributed by atoms with Crippen LogP contribution in [0.5, 0.6) is 0 Å². The summed E-state index contributed by atoms with van der Waals surface area (Å²) in [5.74, 6) is 0.378. The summed E-state index contributed by atoms with van der Waals surface area (Å²) in [6.45, 7) is 0.706. The van der Waals surface area contributed by atoms with Crippen molar-refractivity contribution in [2.24, 2.45) is 0 Å². The maximum absolute atomic E-state index is 12.8. The number of amides is 1. The minimum atomic E-state index is -0.902. The first-order valence-corrected chi connectivity index (χ1v) is 8.62. The largest absolute Gasteiger partial charge is 0.480 e. The number of carboxylic acid groups (broad SMARTS) is 1. The molecular weight excluding hydrogens is 306 g/mol. The number of para-hydroxylation sites is 2. The van der Waals surface area contributed by atoms with Crippen LogP contribution >= 0.6 is 0 Å². The van der Waals surface area contributed by atoms with Crippen LogP contribution in [-0.4, -0.2) is 44.0 Å². The van der Waals surface area contributed by atoms with E-state index >= 15 is 0 Å². The van der Waals surface area contributed by atoms with Crippen molar-refractivity contribution in [3.05, 3.63) is 30.1 Å². The molecule has 6 nitrogen and oxygen atoms in total. The Kier molecular flexibility index (Phi) is 3.75. The highest BCUT2D eigenvalue weighted by Gasteiger charge is 2.34. The smallest absolute Gasteiger partial charge is 0.326 e. The highest BCUT2D eigenvalue weighted by atomic mass is 16.4. The molecule has 1 atom stereocenters.